The van der Waals surface area contributed by atoms with Gasteiger partial charge in [0.15, 0.2) is 0 Å². The lowest BCUT2D eigenvalue weighted by atomic mass is 10.3. The van der Waals surface area contributed by atoms with Gasteiger partial charge in [-0.2, -0.15) is 0 Å². The third kappa shape index (κ3) is 3.15. The fourth-order valence-corrected chi connectivity index (χ4v) is 4.69. The van der Waals surface area contributed by atoms with Crippen molar-refractivity contribution < 1.29 is 8.42 Å². The molecule has 0 aromatic carbocycles. The monoisotopic (exact) mass is 335 g/mol. The van der Waals surface area contributed by atoms with E-state index < -0.39 is 10.0 Å². The number of imidazole rings is 1. The maximum Gasteiger partial charge on any atom is 0.251 e. The van der Waals surface area contributed by atoms with Gasteiger partial charge in [-0.15, -0.1) is 11.3 Å². The Hall–Kier alpha value is -0.700. The summed E-state index contributed by atoms with van der Waals surface area (Å²) in [6.07, 6.45) is 3.83. The molecule has 0 aliphatic carbocycles. The Balaban J connectivity index is 1.97. The van der Waals surface area contributed by atoms with Gasteiger partial charge in [0.25, 0.3) is 10.0 Å². The zero-order chi connectivity index (χ0) is 12.3. The number of nitrogens with zero attached hydrogens (tertiary/aromatic N) is 1. The van der Waals surface area contributed by atoms with Gasteiger partial charge in [0.05, 0.1) is 6.33 Å². The van der Waals surface area contributed by atoms with Crippen LogP contribution in [0.15, 0.2) is 32.7 Å². The second kappa shape index (κ2) is 5.30. The highest BCUT2D eigenvalue weighted by atomic mass is 79.9. The Bertz CT molecular complexity index is 577. The second-order valence-corrected chi connectivity index (χ2v) is 7.01. The number of H-pyrrole nitrogens is 1. The zero-order valence-corrected chi connectivity index (χ0v) is 11.9. The van der Waals surface area contributed by atoms with E-state index in [1.165, 1.54) is 11.3 Å². The molecule has 2 aromatic heterocycles. The first-order valence-electron chi connectivity index (χ1n) is 4.79. The molecule has 0 aliphatic rings. The molecule has 2 heterocycles. The van der Waals surface area contributed by atoms with E-state index in [1.807, 2.05) is 0 Å². The second-order valence-electron chi connectivity index (χ2n) is 3.28. The van der Waals surface area contributed by atoms with Gasteiger partial charge in [-0.25, -0.2) is 18.1 Å². The molecule has 2 aromatic rings. The SMILES string of the molecule is O=S(=O)(NCCc1cnc[nH]1)c1sccc1Br. The van der Waals surface area contributed by atoms with E-state index in [9.17, 15) is 8.42 Å². The summed E-state index contributed by atoms with van der Waals surface area (Å²) >= 11 is 4.39. The van der Waals surface area contributed by atoms with E-state index in [-0.39, 0.29) is 0 Å². The van der Waals surface area contributed by atoms with Crippen molar-refractivity contribution in [2.45, 2.75) is 10.6 Å². The Kier molecular flexibility index (Phi) is 3.97. The maximum absolute atomic E-state index is 11.9. The largest absolute Gasteiger partial charge is 0.348 e. The molecule has 0 saturated carbocycles. The summed E-state index contributed by atoms with van der Waals surface area (Å²) in [7, 11) is -3.41. The predicted molar refractivity (Wildman–Crippen MR) is 69.5 cm³/mol. The van der Waals surface area contributed by atoms with E-state index in [2.05, 4.69) is 30.6 Å². The first kappa shape index (κ1) is 12.7. The Labute approximate surface area is 111 Å². The van der Waals surface area contributed by atoms with Gasteiger partial charge >= 0.3 is 0 Å². The van der Waals surface area contributed by atoms with Gasteiger partial charge in [0.2, 0.25) is 0 Å². The average molecular weight is 336 g/mol. The Morgan fingerprint density at radius 1 is 1.53 bits per heavy atom. The van der Waals surface area contributed by atoms with Crippen molar-refractivity contribution in [1.29, 1.82) is 0 Å². The molecule has 0 fully saturated rings. The highest BCUT2D eigenvalue weighted by Gasteiger charge is 2.18. The van der Waals surface area contributed by atoms with Crippen LogP contribution >= 0.6 is 27.3 Å². The van der Waals surface area contributed by atoms with Crippen molar-refractivity contribution >= 4 is 37.3 Å². The molecule has 0 spiro atoms. The number of rotatable bonds is 5. The van der Waals surface area contributed by atoms with Crippen LogP contribution < -0.4 is 4.72 Å². The topological polar surface area (TPSA) is 74.8 Å². The number of sulfonamides is 1. The number of halogens is 1. The molecule has 0 radical (unpaired) electrons. The van der Waals surface area contributed by atoms with Crippen LogP contribution in [0.3, 0.4) is 0 Å². The summed E-state index contributed by atoms with van der Waals surface area (Å²) in [6, 6.07) is 1.72. The third-order valence-corrected chi connectivity index (χ3v) is 6.20. The smallest absolute Gasteiger partial charge is 0.251 e. The molecular weight excluding hydrogens is 326 g/mol. The van der Waals surface area contributed by atoms with E-state index >= 15 is 0 Å². The quantitative estimate of drug-likeness (QED) is 0.874. The van der Waals surface area contributed by atoms with E-state index in [4.69, 9.17) is 0 Å². The molecule has 17 heavy (non-hydrogen) atoms. The summed E-state index contributed by atoms with van der Waals surface area (Å²) < 4.78 is 27.2. The first-order chi connectivity index (χ1) is 8.09. The zero-order valence-electron chi connectivity index (χ0n) is 8.68. The molecule has 2 rings (SSSR count). The molecule has 0 bridgehead atoms. The summed E-state index contributed by atoms with van der Waals surface area (Å²) in [6.45, 7) is 0.342. The number of thiophene rings is 1. The van der Waals surface area contributed by atoms with Crippen molar-refractivity contribution in [2.24, 2.45) is 0 Å². The third-order valence-electron chi connectivity index (χ3n) is 2.07. The van der Waals surface area contributed by atoms with Gasteiger partial charge in [-0.3, -0.25) is 0 Å². The summed E-state index contributed by atoms with van der Waals surface area (Å²) in [5, 5.41) is 1.73. The Morgan fingerprint density at radius 2 is 2.35 bits per heavy atom. The molecule has 0 aliphatic heterocycles. The summed E-state index contributed by atoms with van der Waals surface area (Å²) in [5.74, 6) is 0. The van der Waals surface area contributed by atoms with Crippen LogP contribution in [0.4, 0.5) is 0 Å². The first-order valence-corrected chi connectivity index (χ1v) is 7.95. The summed E-state index contributed by atoms with van der Waals surface area (Å²) in [5.41, 5.74) is 0.901. The predicted octanol–water partition coefficient (Wildman–Crippen LogP) is 1.75. The van der Waals surface area contributed by atoms with Crippen LogP contribution in [-0.2, 0) is 16.4 Å². The van der Waals surface area contributed by atoms with Crippen LogP contribution in [0.25, 0.3) is 0 Å². The number of aromatic nitrogens is 2. The van der Waals surface area contributed by atoms with Crippen molar-refractivity contribution in [1.82, 2.24) is 14.7 Å². The van der Waals surface area contributed by atoms with Crippen LogP contribution in [0, 0.1) is 0 Å². The molecule has 5 nitrogen and oxygen atoms in total. The minimum Gasteiger partial charge on any atom is -0.348 e. The number of aromatic amines is 1. The van der Waals surface area contributed by atoms with Gasteiger partial charge in [0, 0.05) is 29.3 Å². The molecular formula is C9H10BrN3O2S2. The number of hydrogen-bond acceptors (Lipinski definition) is 4. The van der Waals surface area contributed by atoms with E-state index in [0.717, 1.165) is 5.69 Å². The molecule has 0 saturated heterocycles. The molecule has 0 amide bonds. The number of hydrogen-bond donors (Lipinski definition) is 2. The average Bonchev–Trinajstić information content (AvgIpc) is 2.88. The molecule has 0 atom stereocenters. The van der Waals surface area contributed by atoms with Gasteiger partial charge in [-0.05, 0) is 27.4 Å². The highest BCUT2D eigenvalue weighted by Crippen LogP contribution is 2.27. The summed E-state index contributed by atoms with van der Waals surface area (Å²) in [4.78, 5) is 6.78. The highest BCUT2D eigenvalue weighted by molar-refractivity contribution is 9.10. The van der Waals surface area contributed by atoms with Crippen LogP contribution in [0.2, 0.25) is 0 Å². The lowest BCUT2D eigenvalue weighted by Crippen LogP contribution is -2.25. The van der Waals surface area contributed by atoms with Gasteiger partial charge in [-0.1, -0.05) is 0 Å². The normalized spacial score (nSPS) is 11.8. The number of nitrogens with one attached hydrogen (secondary N) is 2. The minimum atomic E-state index is -3.41. The van der Waals surface area contributed by atoms with E-state index in [0.29, 0.717) is 21.6 Å². The van der Waals surface area contributed by atoms with Crippen molar-refractivity contribution in [2.75, 3.05) is 6.54 Å². The maximum atomic E-state index is 11.9. The van der Waals surface area contributed by atoms with Crippen LogP contribution in [0.5, 0.6) is 0 Å². The van der Waals surface area contributed by atoms with E-state index in [1.54, 1.807) is 24.0 Å². The van der Waals surface area contributed by atoms with Crippen molar-refractivity contribution in [3.05, 3.63) is 34.1 Å². The standard InChI is InChI=1S/C9H10BrN3O2S2/c10-8-2-4-16-9(8)17(14,15)13-3-1-7-5-11-6-12-7/h2,4-6,13H,1,3H2,(H,11,12). The van der Waals surface area contributed by atoms with Crippen molar-refractivity contribution in [3.8, 4) is 0 Å². The van der Waals surface area contributed by atoms with Crippen molar-refractivity contribution in [3.63, 3.8) is 0 Å². The fourth-order valence-electron chi connectivity index (χ4n) is 1.28. The molecule has 92 valence electrons. The van der Waals surface area contributed by atoms with Crippen LogP contribution in [-0.4, -0.2) is 24.9 Å². The van der Waals surface area contributed by atoms with Gasteiger partial charge in [0.1, 0.15) is 4.21 Å². The molecule has 2 N–H and O–H groups in total. The fraction of sp³-hybridized carbons (Fsp3) is 0.222. The lowest BCUT2D eigenvalue weighted by molar-refractivity contribution is 0.583. The minimum absolute atomic E-state index is 0.308. The molecule has 8 heteroatoms. The van der Waals surface area contributed by atoms with Crippen LogP contribution in [0.1, 0.15) is 5.69 Å². The lowest BCUT2D eigenvalue weighted by Gasteiger charge is -2.04. The van der Waals surface area contributed by atoms with Gasteiger partial charge < -0.3 is 4.98 Å². The molecule has 0 unspecified atom stereocenters. The Morgan fingerprint density at radius 3 is 2.94 bits per heavy atom.